The van der Waals surface area contributed by atoms with Crippen LogP contribution in [0.1, 0.15) is 36.5 Å². The number of rotatable bonds is 6. The van der Waals surface area contributed by atoms with Crippen LogP contribution in [-0.4, -0.2) is 24.9 Å². The van der Waals surface area contributed by atoms with Gasteiger partial charge < -0.3 is 16.0 Å². The normalized spacial score (nSPS) is 15.2. The summed E-state index contributed by atoms with van der Waals surface area (Å²) in [5.74, 6) is 0.827. The fourth-order valence-electron chi connectivity index (χ4n) is 3.55. The average molecular weight is 402 g/mol. The summed E-state index contributed by atoms with van der Waals surface area (Å²) in [5.41, 5.74) is 1.96. The van der Waals surface area contributed by atoms with Crippen molar-refractivity contribution in [2.75, 3.05) is 23.7 Å². The Balaban J connectivity index is 0.00000280. The van der Waals surface area contributed by atoms with E-state index in [9.17, 15) is 9.59 Å². The van der Waals surface area contributed by atoms with Gasteiger partial charge in [0.05, 0.1) is 0 Å². The second kappa shape index (κ2) is 10.8. The summed E-state index contributed by atoms with van der Waals surface area (Å²) >= 11 is 0. The predicted octanol–water partition coefficient (Wildman–Crippen LogP) is 4.33. The standard InChI is InChI=1S/C22H27N3O2.ClH/c1-16(17-10-12-23-13-11-17)14-21(26)24-19-8-5-9-20(15-19)25-22(27)18-6-3-2-4-7-18;/h2-9,15-17,23H,10-14H2,1H3,(H,24,26)(H,25,27);1H. The molecule has 1 saturated heterocycles. The van der Waals surface area contributed by atoms with Gasteiger partial charge in [-0.1, -0.05) is 31.2 Å². The van der Waals surface area contributed by atoms with Crippen molar-refractivity contribution in [3.05, 3.63) is 60.2 Å². The summed E-state index contributed by atoms with van der Waals surface area (Å²) in [5, 5.41) is 9.19. The zero-order chi connectivity index (χ0) is 19.1. The molecule has 28 heavy (non-hydrogen) atoms. The summed E-state index contributed by atoms with van der Waals surface area (Å²) < 4.78 is 0. The minimum atomic E-state index is -0.168. The van der Waals surface area contributed by atoms with E-state index in [1.165, 1.54) is 0 Å². The Bertz CT molecular complexity index is 776. The van der Waals surface area contributed by atoms with Gasteiger partial charge in [-0.2, -0.15) is 0 Å². The Hall–Kier alpha value is -2.37. The Morgan fingerprint density at radius 3 is 2.32 bits per heavy atom. The third-order valence-electron chi connectivity index (χ3n) is 5.14. The van der Waals surface area contributed by atoms with Crippen molar-refractivity contribution in [2.24, 2.45) is 11.8 Å². The minimum absolute atomic E-state index is 0. The fourth-order valence-corrected chi connectivity index (χ4v) is 3.55. The lowest BCUT2D eigenvalue weighted by atomic mass is 9.84. The van der Waals surface area contributed by atoms with E-state index in [1.54, 1.807) is 18.2 Å². The lowest BCUT2D eigenvalue weighted by Crippen LogP contribution is -2.32. The molecule has 0 aromatic heterocycles. The Morgan fingerprint density at radius 2 is 1.64 bits per heavy atom. The van der Waals surface area contributed by atoms with Gasteiger partial charge in [0.2, 0.25) is 5.91 Å². The molecule has 0 radical (unpaired) electrons. The Labute approximate surface area is 172 Å². The van der Waals surface area contributed by atoms with Gasteiger partial charge >= 0.3 is 0 Å². The number of halogens is 1. The third kappa shape index (κ3) is 6.36. The summed E-state index contributed by atoms with van der Waals surface area (Å²) in [6.45, 7) is 4.24. The second-order valence-corrected chi connectivity index (χ2v) is 7.22. The van der Waals surface area contributed by atoms with Crippen molar-refractivity contribution in [2.45, 2.75) is 26.2 Å². The lowest BCUT2D eigenvalue weighted by Gasteiger charge is -2.27. The molecule has 1 unspecified atom stereocenters. The molecule has 3 N–H and O–H groups in total. The van der Waals surface area contributed by atoms with Crippen LogP contribution in [0, 0.1) is 11.8 Å². The smallest absolute Gasteiger partial charge is 0.255 e. The van der Waals surface area contributed by atoms with Gasteiger partial charge in [-0.3, -0.25) is 9.59 Å². The number of carbonyl (C=O) groups excluding carboxylic acids is 2. The molecular formula is C22H28ClN3O2. The second-order valence-electron chi connectivity index (χ2n) is 7.22. The average Bonchev–Trinajstić information content (AvgIpc) is 2.69. The largest absolute Gasteiger partial charge is 0.326 e. The van der Waals surface area contributed by atoms with E-state index in [4.69, 9.17) is 0 Å². The van der Waals surface area contributed by atoms with E-state index in [0.717, 1.165) is 25.9 Å². The first-order valence-electron chi connectivity index (χ1n) is 9.59. The molecule has 150 valence electrons. The maximum Gasteiger partial charge on any atom is 0.255 e. The SMILES string of the molecule is CC(CC(=O)Nc1cccc(NC(=O)c2ccccc2)c1)C1CCNCC1.Cl. The van der Waals surface area contributed by atoms with Gasteiger partial charge in [0.1, 0.15) is 0 Å². The van der Waals surface area contributed by atoms with Crippen LogP contribution in [0.25, 0.3) is 0 Å². The fraction of sp³-hybridized carbons (Fsp3) is 0.364. The summed E-state index contributed by atoms with van der Waals surface area (Å²) in [6.07, 6.45) is 2.79. The Morgan fingerprint density at radius 1 is 1.00 bits per heavy atom. The zero-order valence-corrected chi connectivity index (χ0v) is 16.9. The number of hydrogen-bond donors (Lipinski definition) is 3. The molecule has 1 atom stereocenters. The molecule has 1 fully saturated rings. The molecule has 1 aliphatic rings. The molecule has 1 aliphatic heterocycles. The molecule has 5 nitrogen and oxygen atoms in total. The van der Waals surface area contributed by atoms with Crippen molar-refractivity contribution in [3.63, 3.8) is 0 Å². The van der Waals surface area contributed by atoms with Crippen molar-refractivity contribution in [1.29, 1.82) is 0 Å². The molecule has 0 saturated carbocycles. The first kappa shape index (κ1) is 21.9. The van der Waals surface area contributed by atoms with Crippen molar-refractivity contribution in [1.82, 2.24) is 5.32 Å². The molecule has 1 heterocycles. The molecular weight excluding hydrogens is 374 g/mol. The highest BCUT2D eigenvalue weighted by molar-refractivity contribution is 6.04. The molecule has 2 aromatic carbocycles. The molecule has 0 aliphatic carbocycles. The van der Waals surface area contributed by atoms with E-state index < -0.39 is 0 Å². The van der Waals surface area contributed by atoms with E-state index in [1.807, 2.05) is 36.4 Å². The maximum atomic E-state index is 12.4. The Kier molecular flexibility index (Phi) is 8.48. The maximum absolute atomic E-state index is 12.4. The molecule has 0 bridgehead atoms. The number of hydrogen-bond acceptors (Lipinski definition) is 3. The van der Waals surface area contributed by atoms with Crippen LogP contribution < -0.4 is 16.0 Å². The zero-order valence-electron chi connectivity index (χ0n) is 16.1. The quantitative estimate of drug-likeness (QED) is 0.674. The number of amides is 2. The van der Waals surface area contributed by atoms with Crippen molar-refractivity contribution < 1.29 is 9.59 Å². The third-order valence-corrected chi connectivity index (χ3v) is 5.14. The monoisotopic (exact) mass is 401 g/mol. The molecule has 3 rings (SSSR count). The van der Waals surface area contributed by atoms with Crippen LogP contribution in [0.15, 0.2) is 54.6 Å². The van der Waals surface area contributed by atoms with E-state index >= 15 is 0 Å². The highest BCUT2D eigenvalue weighted by Gasteiger charge is 2.22. The van der Waals surface area contributed by atoms with Crippen LogP contribution in [0.3, 0.4) is 0 Å². The van der Waals surface area contributed by atoms with E-state index in [-0.39, 0.29) is 24.2 Å². The predicted molar refractivity (Wildman–Crippen MR) is 116 cm³/mol. The molecule has 6 heteroatoms. The van der Waals surface area contributed by atoms with Crippen molar-refractivity contribution in [3.8, 4) is 0 Å². The molecule has 2 amide bonds. The number of anilines is 2. The number of carbonyl (C=O) groups is 2. The van der Waals surface area contributed by atoms with Crippen LogP contribution in [-0.2, 0) is 4.79 Å². The van der Waals surface area contributed by atoms with Crippen LogP contribution in [0.5, 0.6) is 0 Å². The van der Waals surface area contributed by atoms with Gasteiger partial charge in [0.25, 0.3) is 5.91 Å². The van der Waals surface area contributed by atoms with Crippen LogP contribution in [0.4, 0.5) is 11.4 Å². The van der Waals surface area contributed by atoms with Gasteiger partial charge in [-0.25, -0.2) is 0 Å². The van der Waals surface area contributed by atoms with Gasteiger partial charge in [0.15, 0.2) is 0 Å². The summed E-state index contributed by atoms with van der Waals surface area (Å²) in [7, 11) is 0. The minimum Gasteiger partial charge on any atom is -0.326 e. The molecule has 0 spiro atoms. The van der Waals surface area contributed by atoms with E-state index in [0.29, 0.717) is 35.2 Å². The van der Waals surface area contributed by atoms with Gasteiger partial charge in [-0.15, -0.1) is 12.4 Å². The van der Waals surface area contributed by atoms with E-state index in [2.05, 4.69) is 22.9 Å². The summed E-state index contributed by atoms with van der Waals surface area (Å²) in [4.78, 5) is 24.7. The number of benzene rings is 2. The first-order chi connectivity index (χ1) is 13.1. The van der Waals surface area contributed by atoms with Gasteiger partial charge in [0, 0.05) is 23.4 Å². The highest BCUT2D eigenvalue weighted by atomic mass is 35.5. The number of piperidine rings is 1. The topological polar surface area (TPSA) is 70.2 Å². The first-order valence-corrected chi connectivity index (χ1v) is 9.59. The summed E-state index contributed by atoms with van der Waals surface area (Å²) in [6, 6.07) is 16.3. The van der Waals surface area contributed by atoms with Crippen LogP contribution in [0.2, 0.25) is 0 Å². The number of nitrogens with one attached hydrogen (secondary N) is 3. The van der Waals surface area contributed by atoms with Gasteiger partial charge in [-0.05, 0) is 68.1 Å². The lowest BCUT2D eigenvalue weighted by molar-refractivity contribution is -0.117. The highest BCUT2D eigenvalue weighted by Crippen LogP contribution is 2.25. The molecule has 2 aromatic rings. The van der Waals surface area contributed by atoms with Crippen LogP contribution >= 0.6 is 12.4 Å². The van der Waals surface area contributed by atoms with Crippen molar-refractivity contribution >= 4 is 35.6 Å².